The second-order valence-corrected chi connectivity index (χ2v) is 5.53. The molecule has 0 aliphatic carbocycles. The molecule has 4 nitrogen and oxygen atoms in total. The minimum absolute atomic E-state index is 0. The van der Waals surface area contributed by atoms with E-state index in [0.717, 1.165) is 30.8 Å². The normalized spacial score (nSPS) is 19.9. The van der Waals surface area contributed by atoms with Gasteiger partial charge < -0.3 is 15.4 Å². The molecule has 0 bridgehead atoms. The van der Waals surface area contributed by atoms with E-state index in [9.17, 15) is 4.79 Å². The van der Waals surface area contributed by atoms with E-state index in [-0.39, 0.29) is 18.3 Å². The fraction of sp³-hybridized carbons (Fsp3) is 0.400. The Morgan fingerprint density at radius 1 is 1.48 bits per heavy atom. The summed E-state index contributed by atoms with van der Waals surface area (Å²) in [6, 6.07) is 5.46. The molecular formula is C15H18Cl2N2O2. The summed E-state index contributed by atoms with van der Waals surface area (Å²) in [4.78, 5) is 12.1. The largest absolute Gasteiger partial charge is 0.480 e. The Balaban J connectivity index is 0.00000161. The molecule has 2 heterocycles. The van der Waals surface area contributed by atoms with Crippen LogP contribution in [0.3, 0.4) is 0 Å². The first-order chi connectivity index (χ1) is 9.72. The lowest BCUT2D eigenvalue weighted by atomic mass is 10.1. The molecule has 0 saturated carbocycles. The zero-order chi connectivity index (χ0) is 13.9. The van der Waals surface area contributed by atoms with Gasteiger partial charge in [-0.15, -0.1) is 12.4 Å². The van der Waals surface area contributed by atoms with E-state index >= 15 is 0 Å². The van der Waals surface area contributed by atoms with Gasteiger partial charge in [-0.3, -0.25) is 4.79 Å². The zero-order valence-corrected chi connectivity index (χ0v) is 13.1. The van der Waals surface area contributed by atoms with E-state index in [1.165, 1.54) is 5.57 Å². The van der Waals surface area contributed by atoms with Crippen LogP contribution in [-0.4, -0.2) is 31.6 Å². The minimum atomic E-state index is -0.439. The number of amides is 1. The maximum Gasteiger partial charge on any atom is 0.261 e. The van der Waals surface area contributed by atoms with Crippen molar-refractivity contribution in [2.45, 2.75) is 18.9 Å². The second kappa shape index (κ2) is 7.16. The number of halogens is 2. The van der Waals surface area contributed by atoms with Gasteiger partial charge in [0.1, 0.15) is 5.75 Å². The van der Waals surface area contributed by atoms with Crippen molar-refractivity contribution in [3.8, 4) is 5.75 Å². The van der Waals surface area contributed by atoms with Gasteiger partial charge in [0, 0.05) is 24.5 Å². The zero-order valence-electron chi connectivity index (χ0n) is 11.5. The maximum absolute atomic E-state index is 12.1. The average Bonchev–Trinajstić information content (AvgIpc) is 2.89. The highest BCUT2D eigenvalue weighted by Gasteiger charge is 2.29. The molecule has 6 heteroatoms. The third-order valence-electron chi connectivity index (χ3n) is 3.64. The van der Waals surface area contributed by atoms with Crippen molar-refractivity contribution >= 4 is 29.9 Å². The summed E-state index contributed by atoms with van der Waals surface area (Å²) in [6.07, 6.45) is 3.27. The number of fused-ring (bicyclic) bond motifs is 1. The molecular weight excluding hydrogens is 311 g/mol. The van der Waals surface area contributed by atoms with E-state index in [4.69, 9.17) is 16.3 Å². The molecule has 1 amide bonds. The average molecular weight is 329 g/mol. The van der Waals surface area contributed by atoms with Crippen LogP contribution in [0.25, 0.3) is 0 Å². The van der Waals surface area contributed by atoms with Gasteiger partial charge in [-0.1, -0.05) is 23.3 Å². The summed E-state index contributed by atoms with van der Waals surface area (Å²) in [5.74, 6) is 0.701. The predicted molar refractivity (Wildman–Crippen MR) is 85.4 cm³/mol. The fourth-order valence-corrected chi connectivity index (χ4v) is 2.70. The molecule has 21 heavy (non-hydrogen) atoms. The summed E-state index contributed by atoms with van der Waals surface area (Å²) < 4.78 is 5.66. The molecule has 1 unspecified atom stereocenters. The number of hydrogen-bond donors (Lipinski definition) is 2. The van der Waals surface area contributed by atoms with Gasteiger partial charge in [0.25, 0.3) is 5.91 Å². The third kappa shape index (κ3) is 3.90. The van der Waals surface area contributed by atoms with Crippen molar-refractivity contribution in [2.24, 2.45) is 0 Å². The van der Waals surface area contributed by atoms with Crippen LogP contribution in [0, 0.1) is 0 Å². The van der Waals surface area contributed by atoms with Crippen molar-refractivity contribution in [2.75, 3.05) is 19.6 Å². The first-order valence-corrected chi connectivity index (χ1v) is 7.21. The lowest BCUT2D eigenvalue weighted by molar-refractivity contribution is -0.127. The Kier molecular flexibility index (Phi) is 5.51. The van der Waals surface area contributed by atoms with E-state index in [1.54, 1.807) is 6.07 Å². The molecule has 0 spiro atoms. The monoisotopic (exact) mass is 328 g/mol. The number of carbonyl (C=O) groups excluding carboxylic acids is 1. The van der Waals surface area contributed by atoms with Crippen molar-refractivity contribution in [1.29, 1.82) is 0 Å². The van der Waals surface area contributed by atoms with E-state index < -0.39 is 6.10 Å². The van der Waals surface area contributed by atoms with Crippen LogP contribution in [0.5, 0.6) is 5.75 Å². The first kappa shape index (κ1) is 16.1. The van der Waals surface area contributed by atoms with E-state index in [2.05, 4.69) is 16.7 Å². The van der Waals surface area contributed by atoms with Gasteiger partial charge in [-0.2, -0.15) is 0 Å². The number of ether oxygens (including phenoxy) is 1. The quantitative estimate of drug-likeness (QED) is 0.835. The first-order valence-electron chi connectivity index (χ1n) is 6.84. The van der Waals surface area contributed by atoms with Gasteiger partial charge in [-0.05, 0) is 36.7 Å². The predicted octanol–water partition coefficient (Wildman–Crippen LogP) is 2.10. The third-order valence-corrected chi connectivity index (χ3v) is 3.87. The Hall–Kier alpha value is -1.23. The molecule has 2 N–H and O–H groups in total. The van der Waals surface area contributed by atoms with Crippen molar-refractivity contribution in [3.63, 3.8) is 0 Å². The Morgan fingerprint density at radius 2 is 2.33 bits per heavy atom. The van der Waals surface area contributed by atoms with Crippen molar-refractivity contribution < 1.29 is 9.53 Å². The van der Waals surface area contributed by atoms with Gasteiger partial charge in [0.2, 0.25) is 0 Å². The van der Waals surface area contributed by atoms with Crippen LogP contribution in [0.2, 0.25) is 5.02 Å². The number of nitrogens with one attached hydrogen (secondary N) is 2. The number of hydrogen-bond acceptors (Lipinski definition) is 3. The molecule has 2 aliphatic rings. The number of carbonyl (C=O) groups is 1. The van der Waals surface area contributed by atoms with Crippen molar-refractivity contribution in [3.05, 3.63) is 40.4 Å². The lowest BCUT2D eigenvalue weighted by Crippen LogP contribution is -2.39. The number of rotatable bonds is 3. The van der Waals surface area contributed by atoms with Gasteiger partial charge in [-0.25, -0.2) is 0 Å². The summed E-state index contributed by atoms with van der Waals surface area (Å²) in [7, 11) is 0. The van der Waals surface area contributed by atoms with Crippen LogP contribution in [0.15, 0.2) is 29.8 Å². The maximum atomic E-state index is 12.1. The highest BCUT2D eigenvalue weighted by Crippen LogP contribution is 2.31. The SMILES string of the molecule is Cl.O=C(NCC1=CCNCC1)C1Cc2cc(Cl)ccc2O1. The smallest absolute Gasteiger partial charge is 0.261 e. The summed E-state index contributed by atoms with van der Waals surface area (Å²) in [5, 5.41) is 6.87. The van der Waals surface area contributed by atoms with Crippen LogP contribution in [0.1, 0.15) is 12.0 Å². The van der Waals surface area contributed by atoms with Gasteiger partial charge >= 0.3 is 0 Å². The minimum Gasteiger partial charge on any atom is -0.480 e. The Bertz CT molecular complexity index is 561. The molecule has 2 aliphatic heterocycles. The summed E-state index contributed by atoms with van der Waals surface area (Å²) >= 11 is 5.94. The van der Waals surface area contributed by atoms with E-state index in [1.807, 2.05) is 12.1 Å². The van der Waals surface area contributed by atoms with Gasteiger partial charge in [0.15, 0.2) is 6.10 Å². The van der Waals surface area contributed by atoms with Crippen LogP contribution >= 0.6 is 24.0 Å². The molecule has 0 aromatic heterocycles. The second-order valence-electron chi connectivity index (χ2n) is 5.10. The topological polar surface area (TPSA) is 50.4 Å². The molecule has 114 valence electrons. The highest BCUT2D eigenvalue weighted by molar-refractivity contribution is 6.30. The van der Waals surface area contributed by atoms with Gasteiger partial charge in [0.05, 0.1) is 0 Å². The molecule has 0 radical (unpaired) electrons. The summed E-state index contributed by atoms with van der Waals surface area (Å²) in [5.41, 5.74) is 2.27. The lowest BCUT2D eigenvalue weighted by Gasteiger charge is -2.16. The molecule has 0 fully saturated rings. The fourth-order valence-electron chi connectivity index (χ4n) is 2.51. The molecule has 1 aromatic rings. The Labute approximate surface area is 135 Å². The van der Waals surface area contributed by atoms with Crippen molar-refractivity contribution in [1.82, 2.24) is 10.6 Å². The van der Waals surface area contributed by atoms with Crippen LogP contribution < -0.4 is 15.4 Å². The van der Waals surface area contributed by atoms with Crippen LogP contribution in [0.4, 0.5) is 0 Å². The summed E-state index contributed by atoms with van der Waals surface area (Å²) in [6.45, 7) is 2.47. The standard InChI is InChI=1S/C15H17ClN2O2.ClH/c16-12-1-2-13-11(7-12)8-14(20-13)15(19)18-9-10-3-5-17-6-4-10;/h1-3,7,14,17H,4-6,8-9H2,(H,18,19);1H. The molecule has 1 atom stereocenters. The number of benzene rings is 1. The van der Waals surface area contributed by atoms with E-state index in [0.29, 0.717) is 18.0 Å². The van der Waals surface area contributed by atoms with Crippen LogP contribution in [-0.2, 0) is 11.2 Å². The molecule has 1 aromatic carbocycles. The Morgan fingerprint density at radius 3 is 3.10 bits per heavy atom. The molecule has 3 rings (SSSR count). The highest BCUT2D eigenvalue weighted by atomic mass is 35.5. The molecule has 0 saturated heterocycles.